The van der Waals surface area contributed by atoms with Crippen molar-refractivity contribution in [2.75, 3.05) is 13.1 Å². The third-order valence-electron chi connectivity index (χ3n) is 4.77. The Morgan fingerprint density at radius 3 is 2.38 bits per heavy atom. The Morgan fingerprint density at radius 2 is 1.81 bits per heavy atom. The molecule has 2 aliphatic rings. The Hall–Kier alpha value is -2.08. The number of benzene rings is 1. The summed E-state index contributed by atoms with van der Waals surface area (Å²) >= 11 is 0. The Bertz CT molecular complexity index is 661. The summed E-state index contributed by atoms with van der Waals surface area (Å²) in [7, 11) is 0. The minimum absolute atomic E-state index is 0.234. The van der Waals surface area contributed by atoms with Crippen LogP contribution in [-0.2, 0) is 4.74 Å². The quantitative estimate of drug-likeness (QED) is 0.869. The number of nitrogens with one attached hydrogen (secondary N) is 1. The predicted molar refractivity (Wildman–Crippen MR) is 98.1 cm³/mol. The number of aliphatic hydroxyl groups excluding tert-OH is 1. The summed E-state index contributed by atoms with van der Waals surface area (Å²) in [4.78, 5) is 26.3. The van der Waals surface area contributed by atoms with E-state index in [1.165, 1.54) is 18.4 Å². The molecule has 1 aromatic carbocycles. The lowest BCUT2D eigenvalue weighted by Gasteiger charge is -2.37. The van der Waals surface area contributed by atoms with E-state index < -0.39 is 23.8 Å². The first-order valence-electron chi connectivity index (χ1n) is 9.30. The molecule has 1 saturated carbocycles. The number of nitrogens with zero attached hydrogens (tertiary/aromatic N) is 1. The topological polar surface area (TPSA) is 78.9 Å². The molecule has 2 unspecified atom stereocenters. The standard InChI is InChI=1S/C20H28N2O4/c1-20(2,3)26-19(25)22-11-10-17(23)16(12-22)21-18(24)15-8-6-14(7-9-15)13-4-5-13/h6-9,13,16-17,23H,4-5,10-12H2,1-3H3,(H,21,24). The molecule has 1 saturated heterocycles. The van der Waals surface area contributed by atoms with Crippen LogP contribution >= 0.6 is 0 Å². The van der Waals surface area contributed by atoms with Gasteiger partial charge in [-0.05, 0) is 63.6 Å². The van der Waals surface area contributed by atoms with E-state index in [-0.39, 0.29) is 12.5 Å². The van der Waals surface area contributed by atoms with Gasteiger partial charge in [0.05, 0.1) is 12.1 Å². The number of piperidine rings is 1. The molecular weight excluding hydrogens is 332 g/mol. The van der Waals surface area contributed by atoms with E-state index in [4.69, 9.17) is 4.74 Å². The van der Waals surface area contributed by atoms with Crippen LogP contribution in [-0.4, -0.2) is 52.8 Å². The maximum absolute atomic E-state index is 12.5. The van der Waals surface area contributed by atoms with Crippen molar-refractivity contribution in [2.24, 2.45) is 0 Å². The van der Waals surface area contributed by atoms with Gasteiger partial charge < -0.3 is 20.1 Å². The highest BCUT2D eigenvalue weighted by atomic mass is 16.6. The Labute approximate surface area is 154 Å². The highest BCUT2D eigenvalue weighted by Gasteiger charge is 2.33. The number of aliphatic hydroxyl groups is 1. The molecule has 1 aliphatic heterocycles. The second-order valence-corrected chi connectivity index (χ2v) is 8.26. The average Bonchev–Trinajstić information content (AvgIpc) is 3.40. The van der Waals surface area contributed by atoms with Gasteiger partial charge in [-0.1, -0.05) is 12.1 Å². The number of hydrogen-bond donors (Lipinski definition) is 2. The van der Waals surface area contributed by atoms with Crippen molar-refractivity contribution in [3.05, 3.63) is 35.4 Å². The number of rotatable bonds is 3. The molecule has 2 atom stereocenters. The first-order chi connectivity index (χ1) is 12.2. The third-order valence-corrected chi connectivity index (χ3v) is 4.77. The summed E-state index contributed by atoms with van der Waals surface area (Å²) in [5.41, 5.74) is 1.26. The maximum Gasteiger partial charge on any atom is 0.410 e. The van der Waals surface area contributed by atoms with Crippen molar-refractivity contribution in [3.8, 4) is 0 Å². The summed E-state index contributed by atoms with van der Waals surface area (Å²) in [5, 5.41) is 13.1. The second-order valence-electron chi connectivity index (χ2n) is 8.26. The molecule has 2 amide bonds. The van der Waals surface area contributed by atoms with E-state index >= 15 is 0 Å². The van der Waals surface area contributed by atoms with Gasteiger partial charge in [-0.3, -0.25) is 4.79 Å². The molecule has 0 bridgehead atoms. The molecule has 1 heterocycles. The fourth-order valence-electron chi connectivity index (χ4n) is 3.15. The van der Waals surface area contributed by atoms with E-state index in [0.717, 1.165) is 0 Å². The largest absolute Gasteiger partial charge is 0.444 e. The first-order valence-corrected chi connectivity index (χ1v) is 9.30. The van der Waals surface area contributed by atoms with E-state index in [2.05, 4.69) is 5.32 Å². The van der Waals surface area contributed by atoms with Gasteiger partial charge >= 0.3 is 6.09 Å². The van der Waals surface area contributed by atoms with Gasteiger partial charge in [-0.2, -0.15) is 0 Å². The minimum Gasteiger partial charge on any atom is -0.444 e. The lowest BCUT2D eigenvalue weighted by atomic mass is 10.0. The minimum atomic E-state index is -0.677. The summed E-state index contributed by atoms with van der Waals surface area (Å²) in [6.45, 7) is 6.09. The number of hydrogen-bond acceptors (Lipinski definition) is 4. The third kappa shape index (κ3) is 4.75. The van der Waals surface area contributed by atoms with Crippen LogP contribution in [0.5, 0.6) is 0 Å². The fourth-order valence-corrected chi connectivity index (χ4v) is 3.15. The zero-order valence-electron chi connectivity index (χ0n) is 15.7. The summed E-state index contributed by atoms with van der Waals surface area (Å²) in [6, 6.07) is 7.13. The van der Waals surface area contributed by atoms with Gasteiger partial charge in [0.1, 0.15) is 5.60 Å². The smallest absolute Gasteiger partial charge is 0.410 e. The van der Waals surface area contributed by atoms with E-state index in [9.17, 15) is 14.7 Å². The van der Waals surface area contributed by atoms with Crippen LogP contribution in [0.4, 0.5) is 4.79 Å². The summed E-state index contributed by atoms with van der Waals surface area (Å²) < 4.78 is 5.38. The van der Waals surface area contributed by atoms with Crippen molar-refractivity contribution in [1.82, 2.24) is 10.2 Å². The highest BCUT2D eigenvalue weighted by molar-refractivity contribution is 5.94. The van der Waals surface area contributed by atoms with Gasteiger partial charge in [-0.25, -0.2) is 4.79 Å². The molecule has 6 nitrogen and oxygen atoms in total. The molecule has 0 spiro atoms. The van der Waals surface area contributed by atoms with Crippen LogP contribution < -0.4 is 5.32 Å². The molecule has 2 fully saturated rings. The maximum atomic E-state index is 12.5. The molecule has 1 aromatic rings. The van der Waals surface area contributed by atoms with Crippen molar-refractivity contribution in [3.63, 3.8) is 0 Å². The average molecular weight is 360 g/mol. The molecule has 1 aliphatic carbocycles. The number of amides is 2. The lowest BCUT2D eigenvalue weighted by molar-refractivity contribution is 0.000490. The van der Waals surface area contributed by atoms with Crippen LogP contribution in [0.3, 0.4) is 0 Å². The van der Waals surface area contributed by atoms with Crippen molar-refractivity contribution in [1.29, 1.82) is 0 Å². The zero-order valence-corrected chi connectivity index (χ0v) is 15.7. The van der Waals surface area contributed by atoms with E-state index in [0.29, 0.717) is 24.4 Å². The van der Waals surface area contributed by atoms with Crippen molar-refractivity contribution >= 4 is 12.0 Å². The van der Waals surface area contributed by atoms with Crippen LogP contribution in [0.2, 0.25) is 0 Å². The van der Waals surface area contributed by atoms with Crippen LogP contribution in [0.25, 0.3) is 0 Å². The molecule has 142 valence electrons. The normalized spacial score (nSPS) is 23.5. The molecule has 2 N–H and O–H groups in total. The number of carbonyl (C=O) groups excluding carboxylic acids is 2. The molecule has 6 heteroatoms. The Morgan fingerprint density at radius 1 is 1.15 bits per heavy atom. The Kier molecular flexibility index (Phi) is 5.23. The Balaban J connectivity index is 1.59. The number of carbonyl (C=O) groups is 2. The molecular formula is C20H28N2O4. The van der Waals surface area contributed by atoms with Gasteiger partial charge in [-0.15, -0.1) is 0 Å². The fraction of sp³-hybridized carbons (Fsp3) is 0.600. The van der Waals surface area contributed by atoms with Crippen LogP contribution in [0.15, 0.2) is 24.3 Å². The van der Waals surface area contributed by atoms with Crippen LogP contribution in [0, 0.1) is 0 Å². The van der Waals surface area contributed by atoms with Crippen molar-refractivity contribution in [2.45, 2.75) is 63.7 Å². The van der Waals surface area contributed by atoms with Gasteiger partial charge in [0, 0.05) is 18.7 Å². The molecule has 0 radical (unpaired) electrons. The van der Waals surface area contributed by atoms with Gasteiger partial charge in [0.15, 0.2) is 0 Å². The second kappa shape index (κ2) is 7.27. The number of likely N-dealkylation sites (tertiary alicyclic amines) is 1. The lowest BCUT2D eigenvalue weighted by Crippen LogP contribution is -2.57. The van der Waals surface area contributed by atoms with Gasteiger partial charge in [0.2, 0.25) is 0 Å². The van der Waals surface area contributed by atoms with E-state index in [1.54, 1.807) is 4.90 Å². The van der Waals surface area contributed by atoms with E-state index in [1.807, 2.05) is 45.0 Å². The van der Waals surface area contributed by atoms with Crippen molar-refractivity contribution < 1.29 is 19.4 Å². The van der Waals surface area contributed by atoms with Gasteiger partial charge in [0.25, 0.3) is 5.91 Å². The zero-order chi connectivity index (χ0) is 18.9. The van der Waals surface area contributed by atoms with Crippen LogP contribution in [0.1, 0.15) is 61.9 Å². The highest BCUT2D eigenvalue weighted by Crippen LogP contribution is 2.39. The summed E-state index contributed by atoms with van der Waals surface area (Å²) in [6.07, 6.45) is 1.76. The molecule has 0 aromatic heterocycles. The predicted octanol–water partition coefficient (Wildman–Crippen LogP) is 2.66. The molecule has 26 heavy (non-hydrogen) atoms. The monoisotopic (exact) mass is 360 g/mol. The molecule has 3 rings (SSSR count). The SMILES string of the molecule is CC(C)(C)OC(=O)N1CCC(O)C(NC(=O)c2ccc(C3CC3)cc2)C1. The first kappa shape index (κ1) is 18.7. The summed E-state index contributed by atoms with van der Waals surface area (Å²) in [5.74, 6) is 0.414. The number of ether oxygens (including phenoxy) is 1.